The molecule has 4 aromatic carbocycles. The molecule has 29 heteroatoms. The number of benzene rings is 4. The van der Waals surface area contributed by atoms with Crippen molar-refractivity contribution in [2.24, 2.45) is 17.0 Å². The maximum atomic E-state index is 14.5. The minimum absolute atomic E-state index is 0.0504. The zero-order valence-corrected chi connectivity index (χ0v) is 61.8. The number of rotatable bonds is 11. The number of sulfonamides is 2. The van der Waals surface area contributed by atoms with Gasteiger partial charge in [-0.15, -0.1) is 0 Å². The number of fused-ring (bicyclic) bond motifs is 6. The van der Waals surface area contributed by atoms with Crippen LogP contribution in [-0.4, -0.2) is 136 Å². The highest BCUT2D eigenvalue weighted by atomic mass is 35.5. The molecule has 8 N–H and O–H groups in total. The van der Waals surface area contributed by atoms with Crippen LogP contribution in [0.2, 0.25) is 10.0 Å². The number of hydrogen-bond acceptors (Lipinski definition) is 16. The van der Waals surface area contributed by atoms with Crippen LogP contribution in [0.3, 0.4) is 0 Å². The van der Waals surface area contributed by atoms with Gasteiger partial charge in [0, 0.05) is 47.8 Å². The number of allylic oxidation sites excluding steroid dienone is 2. The summed E-state index contributed by atoms with van der Waals surface area (Å²) < 4.78 is 71.2. The van der Waals surface area contributed by atoms with Crippen LogP contribution in [0.1, 0.15) is 167 Å². The number of ether oxygens (including phenoxy) is 4. The average molecular weight is 1500 g/mol. The van der Waals surface area contributed by atoms with Gasteiger partial charge in [0.2, 0.25) is 43.7 Å². The van der Waals surface area contributed by atoms with Crippen molar-refractivity contribution < 1.29 is 79.2 Å². The Morgan fingerprint density at radius 1 is 0.553 bits per heavy atom. The number of nitrogens with one attached hydrogen (secondary N) is 5. The Morgan fingerprint density at radius 2 is 0.971 bits per heavy atom. The summed E-state index contributed by atoms with van der Waals surface area (Å²) in [6.07, 6.45) is 16.1. The second-order valence-corrected chi connectivity index (χ2v) is 34.4. The van der Waals surface area contributed by atoms with E-state index in [0.717, 1.165) is 67.2 Å². The fourth-order valence-electron chi connectivity index (χ4n) is 13.0. The Bertz CT molecular complexity index is 4190. The molecule has 556 valence electrons. The third-order valence-corrected chi connectivity index (χ3v) is 22.7. The lowest BCUT2D eigenvalue weighted by atomic mass is 9.91. The van der Waals surface area contributed by atoms with Crippen LogP contribution in [0.5, 0.6) is 23.0 Å². The highest BCUT2D eigenvalue weighted by molar-refractivity contribution is 7.91. The third-order valence-electron chi connectivity index (χ3n) is 19.0. The first kappa shape index (κ1) is 77.4. The van der Waals surface area contributed by atoms with Gasteiger partial charge in [-0.3, -0.25) is 28.7 Å². The number of aliphatic carboxylic acids is 1. The predicted molar refractivity (Wildman–Crippen MR) is 385 cm³/mol. The number of carbonyl (C=O) groups excluding carboxylic acids is 7. The van der Waals surface area contributed by atoms with Gasteiger partial charge in [0.1, 0.15) is 69.4 Å². The summed E-state index contributed by atoms with van der Waals surface area (Å²) in [4.78, 5) is 112. The molecule has 4 fully saturated rings. The summed E-state index contributed by atoms with van der Waals surface area (Å²) in [6, 6.07) is 20.8. The van der Waals surface area contributed by atoms with E-state index in [9.17, 15) is 60.3 Å². The van der Waals surface area contributed by atoms with Crippen LogP contribution < -0.4 is 40.6 Å². The number of carboxylic acids is 1. The zero-order chi connectivity index (χ0) is 74.4. The Labute approximate surface area is 611 Å². The van der Waals surface area contributed by atoms with Crippen LogP contribution in [0.15, 0.2) is 109 Å². The number of carbonyl (C=O) groups is 8. The molecule has 4 aliphatic heterocycles. The van der Waals surface area contributed by atoms with E-state index in [1.54, 1.807) is 102 Å². The predicted octanol–water partition coefficient (Wildman–Crippen LogP) is 10.5. The Balaban J connectivity index is 0.000000203. The number of hydrogen-bond donors (Lipinski definition) is 7. The van der Waals surface area contributed by atoms with Crippen molar-refractivity contribution in [1.82, 2.24) is 35.8 Å². The van der Waals surface area contributed by atoms with Gasteiger partial charge >= 0.3 is 18.2 Å². The van der Waals surface area contributed by atoms with Crippen molar-refractivity contribution in [1.29, 1.82) is 0 Å². The number of alkyl carbamates (subject to hydrolysis) is 2. The van der Waals surface area contributed by atoms with Crippen LogP contribution in [-0.2, 0) is 84.2 Å². The number of halogens is 2. The highest BCUT2D eigenvalue weighted by Crippen LogP contribution is 2.48. The molecule has 25 nitrogen and oxygen atoms in total. The second kappa shape index (κ2) is 32.0. The Hall–Kier alpha value is -8.24. The summed E-state index contributed by atoms with van der Waals surface area (Å²) >= 11 is 12.3. The molecular formula is C74H92Cl2N8O17S2. The molecule has 4 aliphatic carbocycles. The Kier molecular flexibility index (Phi) is 24.0. The van der Waals surface area contributed by atoms with Crippen molar-refractivity contribution >= 4 is 90.9 Å². The first-order chi connectivity index (χ1) is 48.6. The first-order valence-corrected chi connectivity index (χ1v) is 39.0. The summed E-state index contributed by atoms with van der Waals surface area (Å²) in [7, 11) is -7.01. The molecule has 8 aliphatic rings. The van der Waals surface area contributed by atoms with Gasteiger partial charge in [-0.1, -0.05) is 97.5 Å². The average Bonchev–Trinajstić information content (AvgIpc) is 1.48. The lowest BCUT2D eigenvalue weighted by Crippen LogP contribution is -2.61. The van der Waals surface area contributed by atoms with E-state index >= 15 is 0 Å². The van der Waals surface area contributed by atoms with Crippen LogP contribution in [0.25, 0.3) is 0 Å². The van der Waals surface area contributed by atoms with E-state index in [4.69, 9.17) is 47.3 Å². The van der Waals surface area contributed by atoms with E-state index < -0.39 is 125 Å². The second-order valence-electron chi connectivity index (χ2n) is 29.7. The lowest BCUT2D eigenvalue weighted by molar-refractivity contribution is -0.147. The van der Waals surface area contributed by atoms with Crippen molar-refractivity contribution in [3.63, 3.8) is 0 Å². The molecule has 12 rings (SSSR count). The molecule has 0 saturated heterocycles. The molecule has 8 atom stereocenters. The molecule has 7 amide bonds. The van der Waals surface area contributed by atoms with Gasteiger partial charge in [0.05, 0.1) is 10.5 Å². The van der Waals surface area contributed by atoms with Crippen LogP contribution in [0.4, 0.5) is 9.59 Å². The van der Waals surface area contributed by atoms with Gasteiger partial charge in [-0.05, 0) is 202 Å². The van der Waals surface area contributed by atoms with E-state index in [-0.39, 0.29) is 49.9 Å². The molecular weight excluding hydrogens is 1410 g/mol. The van der Waals surface area contributed by atoms with Gasteiger partial charge in [0.15, 0.2) is 0 Å². The maximum absolute atomic E-state index is 14.5. The Morgan fingerprint density at radius 3 is 1.37 bits per heavy atom. The maximum Gasteiger partial charge on any atom is 0.408 e. The molecule has 4 aromatic rings. The van der Waals surface area contributed by atoms with Crippen molar-refractivity contribution in [2.75, 3.05) is 0 Å². The molecule has 0 bridgehead atoms. The lowest BCUT2D eigenvalue weighted by Gasteiger charge is -2.39. The largest absolute Gasteiger partial charge is 0.479 e. The van der Waals surface area contributed by atoms with E-state index in [2.05, 4.69) is 26.0 Å². The van der Waals surface area contributed by atoms with Gasteiger partial charge in [-0.2, -0.15) is 0 Å². The normalized spacial score (nSPS) is 25.8. The standard InChI is InChI=1S/C37H45ClN4O8S.C34H40ClN3O7.C3H7NO2S/c1-36(2,3)50-35(46)39-30-13-8-6-4-5-7-10-25-21-37(25,34(45)41-51(47,48)29-16-17-29)40-32(43)31-19-24-18-28(49-27-12-9-11-26(38)20-27)15-14-23(24)22-42(31)33(30)44;1-33(2,3)45-32(43)36-27-13-8-6-4-5-7-10-23-19-34(23,31(41)42)37-29(39)28-17-22-16-26(44-25-12-9-11-24(35)18-25)15-14-21(22)20-38(28)30(27)40;4-7(5,6)3-1-2-3/h7,9-12,14-15,18,20,25,29-31H,4-6,8,13,16-17,19,21-22H2,1-3H3,(H,39,46)(H,40,43)(H,41,45);7,9-12,14-16,18,23,27-28H,4-6,8,13,17,19-20H2,1-3H3,(H,36,43)(H,37,39)(H,41,42);3H,1-2H2,(H2,4,5,6)/b2*10-7-;/t25-,30+,31?,37-;23-,27+,28?,34-;/m11./s1. The minimum atomic E-state index is -3.88. The molecule has 0 radical (unpaired) electrons. The minimum Gasteiger partial charge on any atom is -0.479 e. The zero-order valence-electron chi connectivity index (χ0n) is 58.7. The fourth-order valence-corrected chi connectivity index (χ4v) is 15.6. The molecule has 2 unspecified atom stereocenters. The summed E-state index contributed by atoms with van der Waals surface area (Å²) in [5.74, 6) is -2.55. The van der Waals surface area contributed by atoms with Crippen molar-refractivity contribution in [2.45, 2.75) is 227 Å². The number of amides is 7. The van der Waals surface area contributed by atoms with E-state index in [1.807, 2.05) is 48.6 Å². The monoisotopic (exact) mass is 1500 g/mol. The molecule has 4 heterocycles. The summed E-state index contributed by atoms with van der Waals surface area (Å²) in [5.41, 5.74) is -1.30. The van der Waals surface area contributed by atoms with Crippen LogP contribution >= 0.6 is 23.2 Å². The number of nitrogens with two attached hydrogens (primary N) is 1. The first-order valence-electron chi connectivity index (χ1n) is 35.1. The van der Waals surface area contributed by atoms with Crippen LogP contribution in [0, 0.1) is 11.8 Å². The van der Waals surface area contributed by atoms with E-state index in [0.29, 0.717) is 78.0 Å². The SMILES string of the molecule is CC(C)(C)OC(=O)N[C@H]1CCCCC/C=C\[C@@H]2C[C@@]2(C(=O)NS(=O)(=O)C2CC2)NC(=O)C2Cc3cc(Oc4cccc(Cl)c4)ccc3CN2C1=O.CC(C)(C)OC(=O)N[C@H]1CCCCC/C=C\[C@@H]2C[C@@]2(C(=O)O)NC(=O)C2Cc3cc(Oc4cccc(Cl)c4)ccc3CN2C1=O.NS(=O)(=O)C1CC1. The molecule has 0 aromatic heterocycles. The summed E-state index contributed by atoms with van der Waals surface area (Å²) in [5, 5.41) is 26.3. The number of nitrogens with zero attached hydrogens (tertiary/aromatic N) is 2. The summed E-state index contributed by atoms with van der Waals surface area (Å²) in [6.45, 7) is 10.6. The molecule has 0 spiro atoms. The topological polar surface area (TPSA) is 355 Å². The van der Waals surface area contributed by atoms with Gasteiger partial charge in [-0.25, -0.2) is 36.4 Å². The third kappa shape index (κ3) is 20.8. The van der Waals surface area contributed by atoms with Gasteiger partial charge < -0.3 is 55.1 Å². The quantitative estimate of drug-likeness (QED) is 0.0686. The number of primary sulfonamides is 1. The molecule has 4 saturated carbocycles. The van der Waals surface area contributed by atoms with Crippen molar-refractivity contribution in [3.8, 4) is 23.0 Å². The molecule has 103 heavy (non-hydrogen) atoms. The fraction of sp³-hybridized carbons (Fsp3) is 0.514. The van der Waals surface area contributed by atoms with Gasteiger partial charge in [0.25, 0.3) is 5.91 Å². The van der Waals surface area contributed by atoms with Crippen molar-refractivity contribution in [3.05, 3.63) is 142 Å². The van der Waals surface area contributed by atoms with E-state index in [1.165, 1.54) is 9.80 Å². The number of carboxylic acid groups (broad SMARTS) is 1. The highest BCUT2D eigenvalue weighted by Gasteiger charge is 2.63. The smallest absolute Gasteiger partial charge is 0.408 e.